The fourth-order valence-corrected chi connectivity index (χ4v) is 2.81. The van der Waals surface area contributed by atoms with Gasteiger partial charge in [-0.05, 0) is 55.5 Å². The molecule has 1 aliphatic rings. The van der Waals surface area contributed by atoms with E-state index in [1.165, 1.54) is 30.4 Å². The van der Waals surface area contributed by atoms with Crippen LogP contribution >= 0.6 is 0 Å². The molecule has 4 nitrogen and oxygen atoms in total. The molecule has 1 N–H and O–H groups in total. The Morgan fingerprint density at radius 3 is 2.90 bits per heavy atom. The minimum atomic E-state index is 0.523. The smallest absolute Gasteiger partial charge is 0.247 e. The summed E-state index contributed by atoms with van der Waals surface area (Å²) in [4.78, 5) is 0. The number of aryl methyl sites for hydroxylation is 3. The Morgan fingerprint density at radius 1 is 1.19 bits per heavy atom. The van der Waals surface area contributed by atoms with Gasteiger partial charge in [0.1, 0.15) is 0 Å². The molecule has 0 atom stereocenters. The Kier molecular flexibility index (Phi) is 4.34. The predicted octanol–water partition coefficient (Wildman–Crippen LogP) is 3.16. The van der Waals surface area contributed by atoms with Crippen LogP contribution in [0.1, 0.15) is 43.7 Å². The summed E-state index contributed by atoms with van der Waals surface area (Å²) in [5, 5.41) is 11.7. The van der Waals surface area contributed by atoms with Crippen LogP contribution in [-0.2, 0) is 19.3 Å². The minimum Gasteiger partial charge on any atom is -0.421 e. The molecule has 0 unspecified atom stereocenters. The van der Waals surface area contributed by atoms with Gasteiger partial charge in [0.15, 0.2) is 0 Å². The summed E-state index contributed by atoms with van der Waals surface area (Å²) in [7, 11) is 0. The molecule has 1 aromatic heterocycles. The van der Waals surface area contributed by atoms with E-state index in [1.54, 1.807) is 0 Å². The molecular weight excluding hydrogens is 262 g/mol. The Labute approximate surface area is 126 Å². The maximum absolute atomic E-state index is 5.79. The van der Waals surface area contributed by atoms with Crippen LogP contribution in [0.4, 0.5) is 0 Å². The molecule has 1 heterocycles. The van der Waals surface area contributed by atoms with Gasteiger partial charge in [-0.15, -0.1) is 10.2 Å². The topological polar surface area (TPSA) is 51.0 Å². The monoisotopic (exact) mass is 285 g/mol. The first kappa shape index (κ1) is 14.3. The number of nitrogens with one attached hydrogen (secondary N) is 1. The summed E-state index contributed by atoms with van der Waals surface area (Å²) >= 11 is 0. The normalized spacial score (nSPS) is 13.9. The van der Waals surface area contributed by atoms with Crippen molar-refractivity contribution in [3.8, 4) is 11.5 Å². The molecule has 0 fully saturated rings. The molecular formula is C17H23N3O. The quantitative estimate of drug-likeness (QED) is 0.828. The highest BCUT2D eigenvalue weighted by molar-refractivity contribution is 5.56. The SMILES string of the molecule is CC(C)NCCCc1nnc(-c2ccc3c(c2)CCC3)o1. The lowest BCUT2D eigenvalue weighted by Crippen LogP contribution is -2.23. The standard InChI is InChI=1S/C17H23N3O/c1-12(2)18-10-4-7-16-19-20-17(21-16)15-9-8-13-5-3-6-14(13)11-15/h8-9,11-12,18H,3-7,10H2,1-2H3. The van der Waals surface area contributed by atoms with E-state index in [9.17, 15) is 0 Å². The number of benzene rings is 1. The van der Waals surface area contributed by atoms with Crippen LogP contribution in [0, 0.1) is 0 Å². The first-order chi connectivity index (χ1) is 10.2. The molecule has 0 amide bonds. The highest BCUT2D eigenvalue weighted by Gasteiger charge is 2.14. The molecule has 3 rings (SSSR count). The molecule has 2 aromatic rings. The average Bonchev–Trinajstić information content (AvgIpc) is 3.11. The zero-order valence-electron chi connectivity index (χ0n) is 12.9. The maximum Gasteiger partial charge on any atom is 0.247 e. The van der Waals surface area contributed by atoms with Crippen molar-refractivity contribution < 1.29 is 4.42 Å². The first-order valence-electron chi connectivity index (χ1n) is 7.90. The summed E-state index contributed by atoms with van der Waals surface area (Å²) in [5.41, 5.74) is 3.96. The highest BCUT2D eigenvalue weighted by Crippen LogP contribution is 2.27. The van der Waals surface area contributed by atoms with E-state index in [1.807, 2.05) is 0 Å². The van der Waals surface area contributed by atoms with Gasteiger partial charge < -0.3 is 9.73 Å². The number of aromatic nitrogens is 2. The third kappa shape index (κ3) is 3.50. The van der Waals surface area contributed by atoms with Crippen molar-refractivity contribution in [3.63, 3.8) is 0 Å². The van der Waals surface area contributed by atoms with Gasteiger partial charge >= 0.3 is 0 Å². The lowest BCUT2D eigenvalue weighted by Gasteiger charge is -2.05. The minimum absolute atomic E-state index is 0.523. The van der Waals surface area contributed by atoms with Crippen LogP contribution in [0.5, 0.6) is 0 Å². The molecule has 1 aliphatic carbocycles. The van der Waals surface area contributed by atoms with E-state index in [-0.39, 0.29) is 0 Å². The summed E-state index contributed by atoms with van der Waals surface area (Å²) in [6, 6.07) is 7.03. The number of fused-ring (bicyclic) bond motifs is 1. The number of nitrogens with zero attached hydrogens (tertiary/aromatic N) is 2. The number of rotatable bonds is 6. The second kappa shape index (κ2) is 6.39. The van der Waals surface area contributed by atoms with Crippen molar-refractivity contribution in [1.29, 1.82) is 0 Å². The summed E-state index contributed by atoms with van der Waals surface area (Å²) in [6.45, 7) is 5.28. The van der Waals surface area contributed by atoms with Crippen LogP contribution < -0.4 is 5.32 Å². The van der Waals surface area contributed by atoms with E-state index >= 15 is 0 Å². The zero-order valence-corrected chi connectivity index (χ0v) is 12.9. The third-order valence-electron chi connectivity index (χ3n) is 3.93. The van der Waals surface area contributed by atoms with Crippen LogP contribution in [0.2, 0.25) is 0 Å². The largest absolute Gasteiger partial charge is 0.421 e. The second-order valence-electron chi connectivity index (χ2n) is 6.05. The Hall–Kier alpha value is -1.68. The average molecular weight is 285 g/mol. The van der Waals surface area contributed by atoms with E-state index in [0.29, 0.717) is 11.9 Å². The molecule has 4 heteroatoms. The first-order valence-corrected chi connectivity index (χ1v) is 7.90. The molecule has 1 aromatic carbocycles. The van der Waals surface area contributed by atoms with Gasteiger partial charge in [-0.1, -0.05) is 19.9 Å². The molecule has 21 heavy (non-hydrogen) atoms. The van der Waals surface area contributed by atoms with Crippen molar-refractivity contribution in [2.24, 2.45) is 0 Å². The maximum atomic E-state index is 5.79. The van der Waals surface area contributed by atoms with Crippen LogP contribution in [0.15, 0.2) is 22.6 Å². The summed E-state index contributed by atoms with van der Waals surface area (Å²) in [6.07, 6.45) is 5.48. The van der Waals surface area contributed by atoms with Gasteiger partial charge in [-0.25, -0.2) is 0 Å². The van der Waals surface area contributed by atoms with E-state index < -0.39 is 0 Å². The fraction of sp³-hybridized carbons (Fsp3) is 0.529. The van der Waals surface area contributed by atoms with Gasteiger partial charge in [-0.2, -0.15) is 0 Å². The van der Waals surface area contributed by atoms with Gasteiger partial charge in [0, 0.05) is 18.0 Å². The van der Waals surface area contributed by atoms with E-state index in [0.717, 1.165) is 30.8 Å². The predicted molar refractivity (Wildman–Crippen MR) is 83.2 cm³/mol. The Balaban J connectivity index is 1.62. The van der Waals surface area contributed by atoms with Gasteiger partial charge in [0.05, 0.1) is 0 Å². The molecule has 0 bridgehead atoms. The van der Waals surface area contributed by atoms with E-state index in [4.69, 9.17) is 4.42 Å². The van der Waals surface area contributed by atoms with Crippen molar-refractivity contribution in [1.82, 2.24) is 15.5 Å². The Bertz CT molecular complexity index is 604. The summed E-state index contributed by atoms with van der Waals surface area (Å²) < 4.78 is 5.79. The molecule has 0 spiro atoms. The van der Waals surface area contributed by atoms with Crippen LogP contribution in [-0.4, -0.2) is 22.8 Å². The number of hydrogen-bond acceptors (Lipinski definition) is 4. The molecule has 0 aliphatic heterocycles. The van der Waals surface area contributed by atoms with Gasteiger partial charge in [-0.3, -0.25) is 0 Å². The molecule has 0 radical (unpaired) electrons. The molecule has 0 saturated heterocycles. The van der Waals surface area contributed by atoms with Crippen molar-refractivity contribution in [2.75, 3.05) is 6.54 Å². The number of hydrogen-bond donors (Lipinski definition) is 1. The zero-order chi connectivity index (χ0) is 14.7. The third-order valence-corrected chi connectivity index (χ3v) is 3.93. The summed E-state index contributed by atoms with van der Waals surface area (Å²) in [5.74, 6) is 1.38. The lowest BCUT2D eigenvalue weighted by molar-refractivity contribution is 0.484. The van der Waals surface area contributed by atoms with Crippen LogP contribution in [0.3, 0.4) is 0 Å². The van der Waals surface area contributed by atoms with Gasteiger partial charge in [0.25, 0.3) is 0 Å². The molecule has 112 valence electrons. The van der Waals surface area contributed by atoms with Gasteiger partial charge in [0.2, 0.25) is 11.8 Å². The molecule has 0 saturated carbocycles. The van der Waals surface area contributed by atoms with E-state index in [2.05, 4.69) is 47.6 Å². The lowest BCUT2D eigenvalue weighted by atomic mass is 10.1. The highest BCUT2D eigenvalue weighted by atomic mass is 16.4. The van der Waals surface area contributed by atoms with Crippen molar-refractivity contribution >= 4 is 0 Å². The van der Waals surface area contributed by atoms with Crippen LogP contribution in [0.25, 0.3) is 11.5 Å². The fourth-order valence-electron chi connectivity index (χ4n) is 2.81. The van der Waals surface area contributed by atoms with Crippen molar-refractivity contribution in [2.45, 2.75) is 52.0 Å². The van der Waals surface area contributed by atoms with Crippen molar-refractivity contribution in [3.05, 3.63) is 35.2 Å². The second-order valence-corrected chi connectivity index (χ2v) is 6.05. The Morgan fingerprint density at radius 2 is 2.05 bits per heavy atom.